The second kappa shape index (κ2) is 9.52. The van der Waals surface area contributed by atoms with Gasteiger partial charge in [0.1, 0.15) is 5.82 Å². The van der Waals surface area contributed by atoms with Gasteiger partial charge >= 0.3 is 0 Å². The van der Waals surface area contributed by atoms with Gasteiger partial charge in [0.2, 0.25) is 0 Å². The molecule has 0 unspecified atom stereocenters. The molecule has 3 N–H and O–H groups in total. The van der Waals surface area contributed by atoms with Crippen LogP contribution >= 0.6 is 0 Å². The van der Waals surface area contributed by atoms with Crippen LogP contribution in [0.4, 0.5) is 4.39 Å². The highest BCUT2D eigenvalue weighted by Gasteiger charge is 2.35. The predicted molar refractivity (Wildman–Crippen MR) is 124 cm³/mol. The molecule has 0 spiro atoms. The van der Waals surface area contributed by atoms with Crippen LogP contribution in [-0.2, 0) is 16.6 Å². The predicted octanol–water partition coefficient (Wildman–Crippen LogP) is 4.07. The zero-order valence-corrected chi connectivity index (χ0v) is 18.3. The molecule has 1 fully saturated rings. The minimum absolute atomic E-state index is 0.0438. The maximum Gasteiger partial charge on any atom is 0.191 e. The summed E-state index contributed by atoms with van der Waals surface area (Å²) in [4.78, 5) is 7.57. The molecule has 0 radical (unpaired) electrons. The van der Waals surface area contributed by atoms with E-state index in [2.05, 4.69) is 51.8 Å². The van der Waals surface area contributed by atoms with Gasteiger partial charge < -0.3 is 20.4 Å². The average molecular weight is 423 g/mol. The van der Waals surface area contributed by atoms with Crippen LogP contribution in [0.5, 0.6) is 0 Å². The monoisotopic (exact) mass is 422 g/mol. The first-order chi connectivity index (χ1) is 15.1. The summed E-state index contributed by atoms with van der Waals surface area (Å²) < 4.78 is 19.1. The molecule has 0 saturated carbocycles. The SMILES string of the molecule is CN=C(NCCc1c[nH]c2cc(F)ccc12)NCC1(c2ccccc2C)CCOCC1. The molecule has 6 heteroatoms. The van der Waals surface area contributed by atoms with Gasteiger partial charge in [0.05, 0.1) is 0 Å². The van der Waals surface area contributed by atoms with Crippen molar-refractivity contribution < 1.29 is 9.13 Å². The topological polar surface area (TPSA) is 61.4 Å². The van der Waals surface area contributed by atoms with Gasteiger partial charge in [-0.2, -0.15) is 0 Å². The van der Waals surface area contributed by atoms with E-state index in [0.717, 1.165) is 62.4 Å². The number of aliphatic imine (C=N–C) groups is 1. The van der Waals surface area contributed by atoms with Crippen molar-refractivity contribution >= 4 is 16.9 Å². The fourth-order valence-corrected chi connectivity index (χ4v) is 4.63. The van der Waals surface area contributed by atoms with E-state index >= 15 is 0 Å². The first-order valence-corrected chi connectivity index (χ1v) is 11.0. The summed E-state index contributed by atoms with van der Waals surface area (Å²) in [5.41, 5.74) is 4.76. The summed E-state index contributed by atoms with van der Waals surface area (Å²) in [5, 5.41) is 8.04. The summed E-state index contributed by atoms with van der Waals surface area (Å²) in [6, 6.07) is 13.5. The van der Waals surface area contributed by atoms with Crippen molar-refractivity contribution in [3.05, 3.63) is 71.2 Å². The van der Waals surface area contributed by atoms with Crippen molar-refractivity contribution in [3.8, 4) is 0 Å². The lowest BCUT2D eigenvalue weighted by Crippen LogP contribution is -2.48. The van der Waals surface area contributed by atoms with Gasteiger partial charge in [-0.3, -0.25) is 4.99 Å². The van der Waals surface area contributed by atoms with Crippen LogP contribution in [0.1, 0.15) is 29.5 Å². The Morgan fingerprint density at radius 2 is 1.97 bits per heavy atom. The fourth-order valence-electron chi connectivity index (χ4n) is 4.63. The molecule has 0 bridgehead atoms. The highest BCUT2D eigenvalue weighted by molar-refractivity contribution is 5.83. The Bertz CT molecular complexity index is 1050. The number of hydrogen-bond donors (Lipinski definition) is 3. The second-order valence-electron chi connectivity index (χ2n) is 8.31. The van der Waals surface area contributed by atoms with Gasteiger partial charge in [0.15, 0.2) is 5.96 Å². The zero-order valence-electron chi connectivity index (χ0n) is 18.3. The number of nitrogens with zero attached hydrogens (tertiary/aromatic N) is 1. The Hall–Kier alpha value is -2.86. The van der Waals surface area contributed by atoms with E-state index in [9.17, 15) is 4.39 Å². The number of hydrogen-bond acceptors (Lipinski definition) is 2. The lowest BCUT2D eigenvalue weighted by atomic mass is 9.72. The number of aromatic nitrogens is 1. The van der Waals surface area contributed by atoms with Gasteiger partial charge in [-0.25, -0.2) is 4.39 Å². The van der Waals surface area contributed by atoms with Crippen LogP contribution in [0.25, 0.3) is 10.9 Å². The largest absolute Gasteiger partial charge is 0.381 e. The second-order valence-corrected chi connectivity index (χ2v) is 8.31. The molecular weight excluding hydrogens is 391 g/mol. The molecule has 164 valence electrons. The van der Waals surface area contributed by atoms with Crippen LogP contribution in [0, 0.1) is 12.7 Å². The minimum Gasteiger partial charge on any atom is -0.381 e. The smallest absolute Gasteiger partial charge is 0.191 e. The maximum absolute atomic E-state index is 13.4. The molecule has 1 aliphatic heterocycles. The lowest BCUT2D eigenvalue weighted by Gasteiger charge is -2.39. The van der Waals surface area contributed by atoms with Crippen molar-refractivity contribution in [1.82, 2.24) is 15.6 Å². The van der Waals surface area contributed by atoms with E-state index in [1.807, 2.05) is 12.3 Å². The maximum atomic E-state index is 13.4. The molecule has 31 heavy (non-hydrogen) atoms. The first-order valence-electron chi connectivity index (χ1n) is 11.0. The number of guanidine groups is 1. The Morgan fingerprint density at radius 3 is 2.74 bits per heavy atom. The fraction of sp³-hybridized carbons (Fsp3) is 0.400. The van der Waals surface area contributed by atoms with Crippen molar-refractivity contribution in [3.63, 3.8) is 0 Å². The molecule has 0 amide bonds. The van der Waals surface area contributed by atoms with Gasteiger partial charge in [0, 0.05) is 55.9 Å². The van der Waals surface area contributed by atoms with Gasteiger partial charge in [-0.1, -0.05) is 24.3 Å². The van der Waals surface area contributed by atoms with E-state index in [1.54, 1.807) is 7.05 Å². The quantitative estimate of drug-likeness (QED) is 0.415. The Labute approximate surface area is 183 Å². The third-order valence-electron chi connectivity index (χ3n) is 6.40. The number of aryl methyl sites for hydroxylation is 1. The number of rotatable bonds is 6. The molecule has 1 aromatic heterocycles. The van der Waals surface area contributed by atoms with Crippen molar-refractivity contribution in [2.75, 3.05) is 33.4 Å². The van der Waals surface area contributed by atoms with Crippen LogP contribution in [0.3, 0.4) is 0 Å². The number of nitrogens with one attached hydrogen (secondary N) is 3. The number of halogens is 1. The van der Waals surface area contributed by atoms with Crippen LogP contribution in [0.2, 0.25) is 0 Å². The molecule has 1 aliphatic rings. The molecule has 4 rings (SSSR count). The van der Waals surface area contributed by atoms with E-state index in [4.69, 9.17) is 4.74 Å². The van der Waals surface area contributed by atoms with Crippen LogP contribution < -0.4 is 10.6 Å². The number of benzene rings is 2. The average Bonchev–Trinajstić information content (AvgIpc) is 3.19. The number of aromatic amines is 1. The number of ether oxygens (including phenoxy) is 1. The Balaban J connectivity index is 1.38. The molecule has 2 aromatic carbocycles. The first kappa shape index (κ1) is 21.4. The van der Waals surface area contributed by atoms with E-state index in [0.29, 0.717) is 0 Å². The summed E-state index contributed by atoms with van der Waals surface area (Å²) in [6.45, 7) is 5.30. The zero-order chi connectivity index (χ0) is 21.7. The molecular formula is C25H31FN4O. The minimum atomic E-state index is -0.223. The third-order valence-corrected chi connectivity index (χ3v) is 6.40. The number of H-pyrrole nitrogens is 1. The normalized spacial score (nSPS) is 16.4. The molecule has 0 aliphatic carbocycles. The lowest BCUT2D eigenvalue weighted by molar-refractivity contribution is 0.0512. The van der Waals surface area contributed by atoms with E-state index in [1.165, 1.54) is 28.8 Å². The molecule has 1 saturated heterocycles. The standard InChI is InChI=1S/C25H31FN4O/c1-18-5-3-4-6-22(18)25(10-13-31-14-11-25)17-30-24(27-2)28-12-9-19-16-29-23-15-20(26)7-8-21(19)23/h3-8,15-16,29H,9-14,17H2,1-2H3,(H2,27,28,30). The van der Waals surface area contributed by atoms with Crippen LogP contribution in [0.15, 0.2) is 53.7 Å². The summed E-state index contributed by atoms with van der Waals surface area (Å²) in [5.74, 6) is 0.574. The molecule has 0 atom stereocenters. The third kappa shape index (κ3) is 4.74. The van der Waals surface area contributed by atoms with Gasteiger partial charge in [-0.15, -0.1) is 0 Å². The van der Waals surface area contributed by atoms with Crippen molar-refractivity contribution in [2.24, 2.45) is 4.99 Å². The Kier molecular flexibility index (Phi) is 6.56. The highest BCUT2D eigenvalue weighted by Crippen LogP contribution is 2.36. The van der Waals surface area contributed by atoms with Crippen LogP contribution in [-0.4, -0.2) is 44.3 Å². The van der Waals surface area contributed by atoms with Gasteiger partial charge in [-0.05, 0) is 61.1 Å². The summed E-state index contributed by atoms with van der Waals surface area (Å²) in [7, 11) is 1.80. The Morgan fingerprint density at radius 1 is 1.16 bits per heavy atom. The molecule has 5 nitrogen and oxygen atoms in total. The van der Waals surface area contributed by atoms with Crippen molar-refractivity contribution in [2.45, 2.75) is 31.6 Å². The molecule has 2 heterocycles. The highest BCUT2D eigenvalue weighted by atomic mass is 19.1. The molecule has 3 aromatic rings. The van der Waals surface area contributed by atoms with Gasteiger partial charge in [0.25, 0.3) is 0 Å². The number of fused-ring (bicyclic) bond motifs is 1. The van der Waals surface area contributed by atoms with Crippen molar-refractivity contribution in [1.29, 1.82) is 0 Å². The van der Waals surface area contributed by atoms with E-state index < -0.39 is 0 Å². The summed E-state index contributed by atoms with van der Waals surface area (Å²) in [6.07, 6.45) is 4.77. The summed E-state index contributed by atoms with van der Waals surface area (Å²) >= 11 is 0. The van der Waals surface area contributed by atoms with E-state index in [-0.39, 0.29) is 11.2 Å².